The van der Waals surface area contributed by atoms with Crippen LogP contribution in [0.4, 0.5) is 11.4 Å². The van der Waals surface area contributed by atoms with E-state index in [0.29, 0.717) is 18.0 Å². The molecule has 9 heteroatoms. The van der Waals surface area contributed by atoms with Crippen molar-refractivity contribution in [3.63, 3.8) is 0 Å². The number of hydrogen-bond donors (Lipinski definition) is 2. The molecule has 8 nitrogen and oxygen atoms in total. The zero-order valence-corrected chi connectivity index (χ0v) is 18.8. The second kappa shape index (κ2) is 9.33. The largest absolute Gasteiger partial charge is 0.482 e. The van der Waals surface area contributed by atoms with Crippen LogP contribution in [0.15, 0.2) is 77.7 Å². The maximum atomic E-state index is 12.8. The van der Waals surface area contributed by atoms with E-state index in [1.807, 2.05) is 31.2 Å². The third kappa shape index (κ3) is 5.32. The molecule has 0 saturated heterocycles. The van der Waals surface area contributed by atoms with Crippen LogP contribution in [0.2, 0.25) is 0 Å². The molecule has 2 amide bonds. The van der Waals surface area contributed by atoms with Crippen molar-refractivity contribution < 1.29 is 22.7 Å². The van der Waals surface area contributed by atoms with E-state index >= 15 is 0 Å². The van der Waals surface area contributed by atoms with Crippen LogP contribution in [0, 0.1) is 6.92 Å². The van der Waals surface area contributed by atoms with Crippen molar-refractivity contribution in [2.75, 3.05) is 22.8 Å². The van der Waals surface area contributed by atoms with Gasteiger partial charge >= 0.3 is 0 Å². The molecule has 3 aromatic carbocycles. The van der Waals surface area contributed by atoms with Gasteiger partial charge in [0.2, 0.25) is 5.91 Å². The highest BCUT2D eigenvalue weighted by atomic mass is 32.2. The second-order valence-corrected chi connectivity index (χ2v) is 9.31. The number of ether oxygens (including phenoxy) is 1. The van der Waals surface area contributed by atoms with Gasteiger partial charge in [0.05, 0.1) is 10.6 Å². The molecule has 0 radical (unpaired) electrons. The molecule has 0 atom stereocenters. The Morgan fingerprint density at radius 2 is 1.76 bits per heavy atom. The summed E-state index contributed by atoms with van der Waals surface area (Å²) < 4.78 is 33.6. The Bertz CT molecular complexity index is 1280. The van der Waals surface area contributed by atoms with E-state index in [9.17, 15) is 18.0 Å². The Balaban J connectivity index is 1.52. The van der Waals surface area contributed by atoms with E-state index in [2.05, 4.69) is 10.0 Å². The first-order chi connectivity index (χ1) is 15.8. The Morgan fingerprint density at radius 1 is 1.03 bits per heavy atom. The van der Waals surface area contributed by atoms with Crippen molar-refractivity contribution in [3.8, 4) is 5.75 Å². The van der Waals surface area contributed by atoms with E-state index in [4.69, 9.17) is 4.74 Å². The number of nitrogens with zero attached hydrogens (tertiary/aromatic N) is 1. The Kier molecular flexibility index (Phi) is 6.32. The molecule has 1 aliphatic heterocycles. The Labute approximate surface area is 192 Å². The molecule has 0 bridgehead atoms. The SMILES string of the molecule is Cc1ccc(CNC(=O)CN2C(=O)COc3ccc(S(=O)(=O)Nc4ccccc4)cc32)cc1. The third-order valence-corrected chi connectivity index (χ3v) is 6.50. The molecule has 0 saturated carbocycles. The normalized spacial score (nSPS) is 13.1. The van der Waals surface area contributed by atoms with Crippen molar-refractivity contribution in [1.82, 2.24) is 5.32 Å². The first-order valence-electron chi connectivity index (χ1n) is 10.3. The monoisotopic (exact) mass is 465 g/mol. The van der Waals surface area contributed by atoms with E-state index in [1.165, 1.54) is 23.1 Å². The minimum Gasteiger partial charge on any atom is -0.482 e. The lowest BCUT2D eigenvalue weighted by molar-refractivity contribution is -0.125. The number of amides is 2. The molecule has 3 aromatic rings. The standard InChI is InChI=1S/C24H23N3O5S/c1-17-7-9-18(10-8-17)14-25-23(28)15-27-21-13-20(11-12-22(21)32-16-24(27)29)33(30,31)26-19-5-3-2-4-6-19/h2-13,26H,14-16H2,1H3,(H,25,28). The zero-order valence-electron chi connectivity index (χ0n) is 17.9. The van der Waals surface area contributed by atoms with Gasteiger partial charge < -0.3 is 10.1 Å². The molecular weight excluding hydrogens is 442 g/mol. The number of hydrogen-bond acceptors (Lipinski definition) is 5. The minimum atomic E-state index is -3.91. The lowest BCUT2D eigenvalue weighted by Gasteiger charge is -2.29. The first kappa shape index (κ1) is 22.3. The van der Waals surface area contributed by atoms with Gasteiger partial charge in [-0.25, -0.2) is 8.42 Å². The number of carbonyl (C=O) groups excluding carboxylic acids is 2. The van der Waals surface area contributed by atoms with Gasteiger partial charge in [-0.1, -0.05) is 48.0 Å². The van der Waals surface area contributed by atoms with Crippen LogP contribution in [0.25, 0.3) is 0 Å². The van der Waals surface area contributed by atoms with Gasteiger partial charge in [-0.15, -0.1) is 0 Å². The first-order valence-corrected chi connectivity index (χ1v) is 11.8. The maximum absolute atomic E-state index is 12.8. The van der Waals surface area contributed by atoms with Crippen LogP contribution < -0.4 is 19.7 Å². The number of nitrogens with one attached hydrogen (secondary N) is 2. The van der Waals surface area contributed by atoms with Crippen molar-refractivity contribution in [1.29, 1.82) is 0 Å². The number of rotatable bonds is 7. The predicted molar refractivity (Wildman–Crippen MR) is 125 cm³/mol. The number of para-hydroxylation sites is 1. The molecule has 0 spiro atoms. The van der Waals surface area contributed by atoms with Crippen LogP contribution in [0.1, 0.15) is 11.1 Å². The van der Waals surface area contributed by atoms with Gasteiger partial charge in [-0.2, -0.15) is 0 Å². The number of sulfonamides is 1. The number of aryl methyl sites for hydroxylation is 1. The molecule has 0 unspecified atom stereocenters. The highest BCUT2D eigenvalue weighted by Crippen LogP contribution is 2.34. The number of fused-ring (bicyclic) bond motifs is 1. The summed E-state index contributed by atoms with van der Waals surface area (Å²) in [6.45, 7) is 1.82. The fraction of sp³-hybridized carbons (Fsp3) is 0.167. The maximum Gasteiger partial charge on any atom is 0.265 e. The smallest absolute Gasteiger partial charge is 0.265 e. The van der Waals surface area contributed by atoms with Gasteiger partial charge in [0.15, 0.2) is 6.61 Å². The van der Waals surface area contributed by atoms with Crippen molar-refractivity contribution >= 4 is 33.2 Å². The highest BCUT2D eigenvalue weighted by Gasteiger charge is 2.29. The molecule has 2 N–H and O–H groups in total. The fourth-order valence-corrected chi connectivity index (χ4v) is 4.43. The zero-order chi connectivity index (χ0) is 23.4. The number of carbonyl (C=O) groups is 2. The van der Waals surface area contributed by atoms with Gasteiger partial charge in [0.25, 0.3) is 15.9 Å². The van der Waals surface area contributed by atoms with E-state index < -0.39 is 15.9 Å². The van der Waals surface area contributed by atoms with Gasteiger partial charge in [-0.3, -0.25) is 19.2 Å². The molecule has 0 aromatic heterocycles. The van der Waals surface area contributed by atoms with E-state index in [0.717, 1.165) is 11.1 Å². The van der Waals surface area contributed by atoms with Gasteiger partial charge in [0.1, 0.15) is 12.3 Å². The van der Waals surface area contributed by atoms with Gasteiger partial charge in [0, 0.05) is 12.2 Å². The minimum absolute atomic E-state index is 0.0477. The van der Waals surface area contributed by atoms with Crippen molar-refractivity contribution in [2.24, 2.45) is 0 Å². The van der Waals surface area contributed by atoms with Crippen molar-refractivity contribution in [3.05, 3.63) is 83.9 Å². The summed E-state index contributed by atoms with van der Waals surface area (Å²) in [6, 6.07) is 20.4. The van der Waals surface area contributed by atoms with Crippen LogP contribution in [-0.4, -0.2) is 33.4 Å². The molecule has 0 aliphatic carbocycles. The molecule has 170 valence electrons. The third-order valence-electron chi connectivity index (χ3n) is 5.12. The van der Waals surface area contributed by atoms with E-state index in [-0.39, 0.29) is 29.6 Å². The Morgan fingerprint density at radius 3 is 2.48 bits per heavy atom. The fourth-order valence-electron chi connectivity index (χ4n) is 3.35. The number of anilines is 2. The quantitative estimate of drug-likeness (QED) is 0.558. The number of benzene rings is 3. The molecular formula is C24H23N3O5S. The van der Waals surface area contributed by atoms with Crippen LogP contribution in [0.5, 0.6) is 5.75 Å². The molecule has 4 rings (SSSR count). The van der Waals surface area contributed by atoms with Crippen LogP contribution in [0.3, 0.4) is 0 Å². The predicted octanol–water partition coefficient (Wildman–Crippen LogP) is 2.84. The molecule has 33 heavy (non-hydrogen) atoms. The van der Waals surface area contributed by atoms with Crippen LogP contribution in [-0.2, 0) is 26.2 Å². The summed E-state index contributed by atoms with van der Waals surface area (Å²) >= 11 is 0. The summed E-state index contributed by atoms with van der Waals surface area (Å²) in [4.78, 5) is 26.3. The molecule has 1 aliphatic rings. The Hall–Kier alpha value is -3.85. The lowest BCUT2D eigenvalue weighted by atomic mass is 10.1. The van der Waals surface area contributed by atoms with Gasteiger partial charge in [-0.05, 0) is 42.8 Å². The molecule has 0 fully saturated rings. The van der Waals surface area contributed by atoms with E-state index in [1.54, 1.807) is 30.3 Å². The van der Waals surface area contributed by atoms with Crippen LogP contribution >= 0.6 is 0 Å². The summed E-state index contributed by atoms with van der Waals surface area (Å²) in [5.41, 5.74) is 2.69. The molecule has 1 heterocycles. The summed E-state index contributed by atoms with van der Waals surface area (Å²) in [6.07, 6.45) is 0. The lowest BCUT2D eigenvalue weighted by Crippen LogP contribution is -2.45. The topological polar surface area (TPSA) is 105 Å². The van der Waals surface area contributed by atoms with Crippen molar-refractivity contribution in [2.45, 2.75) is 18.4 Å². The second-order valence-electron chi connectivity index (χ2n) is 7.63. The summed E-state index contributed by atoms with van der Waals surface area (Å²) in [5.74, 6) is -0.467. The average Bonchev–Trinajstić information content (AvgIpc) is 2.80. The highest BCUT2D eigenvalue weighted by molar-refractivity contribution is 7.92. The average molecular weight is 466 g/mol. The summed E-state index contributed by atoms with van der Waals surface area (Å²) in [5, 5.41) is 2.79. The summed E-state index contributed by atoms with van der Waals surface area (Å²) in [7, 11) is -3.91.